The van der Waals surface area contributed by atoms with Crippen molar-refractivity contribution in [3.05, 3.63) is 0 Å². The van der Waals surface area contributed by atoms with Crippen LogP contribution in [0.3, 0.4) is 0 Å². The standard InChI is InChI=1S/C10H15F4N3O2/c11-8(12)10(13,14)9(19)17-3-1-2-16(4-5-17)6-7(15)18/h8H,1-6H2,(H2,15,18). The molecule has 0 atom stereocenters. The Morgan fingerprint density at radius 2 is 1.79 bits per heavy atom. The van der Waals surface area contributed by atoms with Gasteiger partial charge in [0.2, 0.25) is 5.91 Å². The van der Waals surface area contributed by atoms with Crippen LogP contribution >= 0.6 is 0 Å². The van der Waals surface area contributed by atoms with Gasteiger partial charge in [0.25, 0.3) is 5.91 Å². The highest BCUT2D eigenvalue weighted by Crippen LogP contribution is 2.25. The van der Waals surface area contributed by atoms with E-state index in [-0.39, 0.29) is 26.2 Å². The van der Waals surface area contributed by atoms with Gasteiger partial charge in [-0.25, -0.2) is 8.78 Å². The Bertz CT molecular complexity index is 352. The van der Waals surface area contributed by atoms with E-state index in [9.17, 15) is 27.2 Å². The summed E-state index contributed by atoms with van der Waals surface area (Å²) >= 11 is 0. The number of halogens is 4. The van der Waals surface area contributed by atoms with Gasteiger partial charge in [0.15, 0.2) is 0 Å². The van der Waals surface area contributed by atoms with Gasteiger partial charge >= 0.3 is 12.3 Å². The zero-order valence-electron chi connectivity index (χ0n) is 10.1. The third kappa shape index (κ3) is 4.05. The maximum atomic E-state index is 12.9. The van der Waals surface area contributed by atoms with Crippen LogP contribution in [0.5, 0.6) is 0 Å². The van der Waals surface area contributed by atoms with Crippen molar-refractivity contribution in [3.63, 3.8) is 0 Å². The number of hydrogen-bond donors (Lipinski definition) is 1. The predicted octanol–water partition coefficient (Wildman–Crippen LogP) is -0.0936. The molecule has 0 radical (unpaired) electrons. The second kappa shape index (κ2) is 6.18. The number of primary amides is 1. The molecule has 1 fully saturated rings. The molecule has 0 aromatic rings. The van der Waals surface area contributed by atoms with Gasteiger partial charge in [-0.3, -0.25) is 14.5 Å². The number of carbonyl (C=O) groups is 2. The normalized spacial score (nSPS) is 18.5. The number of rotatable bonds is 4. The average molecular weight is 285 g/mol. The maximum absolute atomic E-state index is 12.9. The van der Waals surface area contributed by atoms with Gasteiger partial charge in [-0.15, -0.1) is 0 Å². The largest absolute Gasteiger partial charge is 0.383 e. The Balaban J connectivity index is 2.62. The van der Waals surface area contributed by atoms with E-state index in [1.54, 1.807) is 4.90 Å². The smallest absolute Gasteiger partial charge is 0.369 e. The molecule has 19 heavy (non-hydrogen) atoms. The first-order valence-electron chi connectivity index (χ1n) is 5.71. The van der Waals surface area contributed by atoms with Crippen molar-refractivity contribution in [3.8, 4) is 0 Å². The van der Waals surface area contributed by atoms with Crippen LogP contribution in [0.1, 0.15) is 6.42 Å². The number of nitrogens with two attached hydrogens (primary N) is 1. The topological polar surface area (TPSA) is 66.6 Å². The van der Waals surface area contributed by atoms with E-state index in [0.29, 0.717) is 17.9 Å². The summed E-state index contributed by atoms with van der Waals surface area (Å²) in [5.41, 5.74) is 5.00. The Labute approximate surface area is 107 Å². The zero-order valence-corrected chi connectivity index (χ0v) is 10.1. The van der Waals surface area contributed by atoms with Gasteiger partial charge in [-0.2, -0.15) is 8.78 Å². The van der Waals surface area contributed by atoms with Crippen molar-refractivity contribution < 1.29 is 27.2 Å². The lowest BCUT2D eigenvalue weighted by Gasteiger charge is -2.25. The number of hydrogen-bond acceptors (Lipinski definition) is 3. The van der Waals surface area contributed by atoms with Gasteiger partial charge in [-0.1, -0.05) is 0 Å². The molecule has 0 saturated carbocycles. The van der Waals surface area contributed by atoms with Crippen molar-refractivity contribution in [1.29, 1.82) is 0 Å². The Morgan fingerprint density at radius 3 is 2.32 bits per heavy atom. The van der Waals surface area contributed by atoms with Gasteiger partial charge in [0.05, 0.1) is 6.54 Å². The minimum absolute atomic E-state index is 0.0452. The van der Waals surface area contributed by atoms with Crippen LogP contribution in [0, 0.1) is 0 Å². The zero-order chi connectivity index (χ0) is 14.6. The van der Waals surface area contributed by atoms with Crippen molar-refractivity contribution in [2.45, 2.75) is 18.8 Å². The molecule has 0 aromatic carbocycles. The monoisotopic (exact) mass is 285 g/mol. The first-order chi connectivity index (χ1) is 8.75. The highest BCUT2D eigenvalue weighted by Gasteiger charge is 2.51. The van der Waals surface area contributed by atoms with E-state index in [4.69, 9.17) is 5.73 Å². The number of alkyl halides is 4. The number of amides is 2. The summed E-state index contributed by atoms with van der Waals surface area (Å²) in [6, 6.07) is 0. The van der Waals surface area contributed by atoms with E-state index in [1.807, 2.05) is 0 Å². The third-order valence-electron chi connectivity index (χ3n) is 2.81. The van der Waals surface area contributed by atoms with Crippen LogP contribution in [-0.4, -0.2) is 66.7 Å². The molecule has 0 aliphatic carbocycles. The number of nitrogens with zero attached hydrogens (tertiary/aromatic N) is 2. The highest BCUT2D eigenvalue weighted by molar-refractivity contribution is 5.84. The highest BCUT2D eigenvalue weighted by atomic mass is 19.3. The van der Waals surface area contributed by atoms with E-state index in [0.717, 1.165) is 0 Å². The summed E-state index contributed by atoms with van der Waals surface area (Å²) in [6.07, 6.45) is -3.71. The summed E-state index contributed by atoms with van der Waals surface area (Å²) in [6.45, 7) is 0.319. The summed E-state index contributed by atoms with van der Waals surface area (Å²) in [5, 5.41) is 0. The molecule has 5 nitrogen and oxygen atoms in total. The van der Waals surface area contributed by atoms with E-state index in [2.05, 4.69) is 0 Å². The maximum Gasteiger partial charge on any atom is 0.383 e. The first kappa shape index (κ1) is 15.7. The Hall–Kier alpha value is -1.38. The van der Waals surface area contributed by atoms with Crippen LogP contribution in [0.2, 0.25) is 0 Å². The predicted molar refractivity (Wildman–Crippen MR) is 57.8 cm³/mol. The molecule has 0 bridgehead atoms. The molecule has 1 aliphatic heterocycles. The second-order valence-electron chi connectivity index (χ2n) is 4.31. The summed E-state index contributed by atoms with van der Waals surface area (Å²) < 4.78 is 50.1. The fraction of sp³-hybridized carbons (Fsp3) is 0.800. The quantitative estimate of drug-likeness (QED) is 0.734. The lowest BCUT2D eigenvalue weighted by atomic mass is 10.2. The summed E-state index contributed by atoms with van der Waals surface area (Å²) in [4.78, 5) is 24.3. The van der Waals surface area contributed by atoms with E-state index >= 15 is 0 Å². The molecule has 1 aliphatic rings. The minimum atomic E-state index is -4.67. The molecular formula is C10H15F4N3O2. The Morgan fingerprint density at radius 1 is 1.16 bits per heavy atom. The molecule has 1 heterocycles. The van der Waals surface area contributed by atoms with Crippen molar-refractivity contribution in [2.75, 3.05) is 32.7 Å². The average Bonchev–Trinajstić information content (AvgIpc) is 2.52. The minimum Gasteiger partial charge on any atom is -0.369 e. The Kier molecular flexibility index (Phi) is 5.10. The number of carbonyl (C=O) groups excluding carboxylic acids is 2. The summed E-state index contributed by atoms with van der Waals surface area (Å²) in [5.74, 6) is -7.11. The fourth-order valence-electron chi connectivity index (χ4n) is 1.86. The molecular weight excluding hydrogens is 270 g/mol. The molecule has 9 heteroatoms. The van der Waals surface area contributed by atoms with Crippen molar-refractivity contribution in [1.82, 2.24) is 9.80 Å². The SMILES string of the molecule is NC(=O)CN1CCCN(C(=O)C(F)(F)C(F)F)CC1. The van der Waals surface area contributed by atoms with E-state index < -0.39 is 24.2 Å². The summed E-state index contributed by atoms with van der Waals surface area (Å²) in [7, 11) is 0. The van der Waals surface area contributed by atoms with Crippen LogP contribution in [0.25, 0.3) is 0 Å². The van der Waals surface area contributed by atoms with Crippen LogP contribution in [-0.2, 0) is 9.59 Å². The molecule has 2 N–H and O–H groups in total. The molecule has 0 unspecified atom stereocenters. The van der Waals surface area contributed by atoms with Crippen LogP contribution in [0.15, 0.2) is 0 Å². The first-order valence-corrected chi connectivity index (χ1v) is 5.71. The molecule has 0 aromatic heterocycles. The van der Waals surface area contributed by atoms with Crippen LogP contribution in [0.4, 0.5) is 17.6 Å². The van der Waals surface area contributed by atoms with E-state index in [1.165, 1.54) is 0 Å². The molecule has 110 valence electrons. The van der Waals surface area contributed by atoms with Gasteiger partial charge < -0.3 is 10.6 Å². The van der Waals surface area contributed by atoms with Crippen molar-refractivity contribution >= 4 is 11.8 Å². The molecule has 1 saturated heterocycles. The van der Waals surface area contributed by atoms with Gasteiger partial charge in [-0.05, 0) is 6.42 Å². The van der Waals surface area contributed by atoms with Gasteiger partial charge in [0, 0.05) is 26.2 Å². The van der Waals surface area contributed by atoms with Crippen LogP contribution < -0.4 is 5.73 Å². The third-order valence-corrected chi connectivity index (χ3v) is 2.81. The molecule has 0 spiro atoms. The molecule has 2 amide bonds. The second-order valence-corrected chi connectivity index (χ2v) is 4.31. The lowest BCUT2D eigenvalue weighted by molar-refractivity contribution is -0.180. The lowest BCUT2D eigenvalue weighted by Crippen LogP contribution is -2.49. The molecule has 1 rings (SSSR count). The fourth-order valence-corrected chi connectivity index (χ4v) is 1.86. The van der Waals surface area contributed by atoms with Gasteiger partial charge in [0.1, 0.15) is 0 Å². The van der Waals surface area contributed by atoms with Crippen molar-refractivity contribution in [2.24, 2.45) is 5.73 Å².